The van der Waals surface area contributed by atoms with Crippen LogP contribution < -0.4 is 4.74 Å². The van der Waals surface area contributed by atoms with Crippen LogP contribution in [0.1, 0.15) is 36.0 Å². The van der Waals surface area contributed by atoms with Gasteiger partial charge >= 0.3 is 0 Å². The molecule has 136 valence electrons. The van der Waals surface area contributed by atoms with Gasteiger partial charge in [0, 0.05) is 12.1 Å². The van der Waals surface area contributed by atoms with E-state index in [4.69, 9.17) is 14.2 Å². The summed E-state index contributed by atoms with van der Waals surface area (Å²) in [5.41, 5.74) is 3.18. The Morgan fingerprint density at radius 1 is 0.923 bits per heavy atom. The van der Waals surface area contributed by atoms with Crippen molar-refractivity contribution in [2.45, 2.75) is 37.8 Å². The first-order valence-electron chi connectivity index (χ1n) is 9.70. The minimum atomic E-state index is -0.857. The monoisotopic (exact) mass is 351 g/mol. The number of likely N-dealkylation sites (tertiary alicyclic amines) is 1. The van der Waals surface area contributed by atoms with Gasteiger partial charge in [0.15, 0.2) is 0 Å². The van der Waals surface area contributed by atoms with Gasteiger partial charge in [0.1, 0.15) is 12.4 Å². The fraction of sp³-hybridized carbons (Fsp3) is 0.455. The van der Waals surface area contributed by atoms with E-state index in [-0.39, 0.29) is 6.10 Å². The molecule has 3 aliphatic rings. The Morgan fingerprint density at radius 3 is 2.58 bits per heavy atom. The normalized spacial score (nSPS) is 28.2. The van der Waals surface area contributed by atoms with E-state index in [0.717, 1.165) is 29.0 Å². The Morgan fingerprint density at radius 2 is 1.69 bits per heavy atom. The van der Waals surface area contributed by atoms with Crippen LogP contribution in [0.3, 0.4) is 0 Å². The molecular formula is C22H25NO3. The quantitative estimate of drug-likeness (QED) is 0.826. The molecule has 0 aliphatic carbocycles. The molecule has 2 saturated heterocycles. The summed E-state index contributed by atoms with van der Waals surface area (Å²) in [6.45, 7) is 4.43. The fourth-order valence-corrected chi connectivity index (χ4v) is 4.45. The molecule has 0 aromatic heterocycles. The van der Waals surface area contributed by atoms with Crippen LogP contribution in [0.4, 0.5) is 0 Å². The van der Waals surface area contributed by atoms with Gasteiger partial charge in [0.25, 0.3) is 0 Å². The van der Waals surface area contributed by atoms with Gasteiger partial charge in [-0.1, -0.05) is 42.8 Å². The van der Waals surface area contributed by atoms with Gasteiger partial charge in [-0.3, -0.25) is 0 Å². The van der Waals surface area contributed by atoms with E-state index in [1.165, 1.54) is 32.4 Å². The summed E-state index contributed by atoms with van der Waals surface area (Å²) in [6.07, 6.45) is 4.00. The van der Waals surface area contributed by atoms with Crippen molar-refractivity contribution in [1.29, 1.82) is 0 Å². The van der Waals surface area contributed by atoms with Crippen molar-refractivity contribution in [1.82, 2.24) is 4.90 Å². The molecule has 5 rings (SSSR count). The summed E-state index contributed by atoms with van der Waals surface area (Å²) in [7, 11) is 0. The highest BCUT2D eigenvalue weighted by Crippen LogP contribution is 2.47. The molecule has 2 aromatic rings. The Balaban J connectivity index is 1.51. The summed E-state index contributed by atoms with van der Waals surface area (Å²) in [5, 5.41) is 0. The number of para-hydroxylation sites is 1. The number of hydrogen-bond donors (Lipinski definition) is 0. The molecule has 3 aliphatic heterocycles. The molecule has 0 N–H and O–H groups in total. The molecule has 26 heavy (non-hydrogen) atoms. The standard InChI is InChI=1S/C22H25NO3/c1-6-12-23(13-7-1)14-18-16-25-22(26-18)19-9-3-2-8-17(19)15-24-21-11-5-4-10-20(21)22/h2-5,8-11,18H,1,6-7,12-16H2. The number of ether oxygens (including phenoxy) is 3. The maximum Gasteiger partial charge on any atom is 0.226 e. The number of piperidine rings is 1. The van der Waals surface area contributed by atoms with Gasteiger partial charge in [0.05, 0.1) is 18.3 Å². The maximum absolute atomic E-state index is 6.68. The van der Waals surface area contributed by atoms with E-state index in [2.05, 4.69) is 29.2 Å². The van der Waals surface area contributed by atoms with Crippen LogP contribution in [0.2, 0.25) is 0 Å². The smallest absolute Gasteiger partial charge is 0.226 e. The molecule has 4 nitrogen and oxygen atoms in total. The molecule has 2 fully saturated rings. The Hall–Kier alpha value is -1.88. The van der Waals surface area contributed by atoms with Crippen LogP contribution in [-0.4, -0.2) is 37.2 Å². The van der Waals surface area contributed by atoms with Crippen LogP contribution in [0, 0.1) is 0 Å². The lowest BCUT2D eigenvalue weighted by molar-refractivity contribution is -0.145. The molecule has 1 spiro atoms. The van der Waals surface area contributed by atoms with E-state index in [1.54, 1.807) is 0 Å². The maximum atomic E-state index is 6.68. The molecular weight excluding hydrogens is 326 g/mol. The summed E-state index contributed by atoms with van der Waals surface area (Å²) in [5.74, 6) is -0.00763. The second-order valence-corrected chi connectivity index (χ2v) is 7.47. The average Bonchev–Trinajstić information content (AvgIpc) is 3.06. The van der Waals surface area contributed by atoms with E-state index < -0.39 is 5.79 Å². The van der Waals surface area contributed by atoms with Crippen LogP contribution in [0.15, 0.2) is 48.5 Å². The highest BCUT2D eigenvalue weighted by molar-refractivity contribution is 5.48. The number of fused-ring (bicyclic) bond motifs is 4. The molecule has 0 radical (unpaired) electrons. The minimum absolute atomic E-state index is 0.0762. The second-order valence-electron chi connectivity index (χ2n) is 7.47. The lowest BCUT2D eigenvalue weighted by Gasteiger charge is -2.31. The third kappa shape index (κ3) is 2.73. The number of rotatable bonds is 2. The van der Waals surface area contributed by atoms with Crippen LogP contribution >= 0.6 is 0 Å². The predicted octanol–water partition coefficient (Wildman–Crippen LogP) is 3.68. The molecule has 0 amide bonds. The zero-order valence-corrected chi connectivity index (χ0v) is 15.0. The SMILES string of the molecule is c1ccc2c(c1)COc1ccccc1C21OCC(CN2CCCCC2)O1. The zero-order valence-electron chi connectivity index (χ0n) is 15.0. The number of nitrogens with zero attached hydrogens (tertiary/aromatic N) is 1. The van der Waals surface area contributed by atoms with Crippen molar-refractivity contribution in [2.24, 2.45) is 0 Å². The molecule has 0 saturated carbocycles. The average molecular weight is 351 g/mol. The molecule has 4 heteroatoms. The van der Waals surface area contributed by atoms with E-state index in [9.17, 15) is 0 Å². The first kappa shape index (κ1) is 16.3. The molecule has 3 heterocycles. The second kappa shape index (κ2) is 6.69. The summed E-state index contributed by atoms with van der Waals surface area (Å²) >= 11 is 0. The van der Waals surface area contributed by atoms with Crippen LogP contribution in [0.5, 0.6) is 5.75 Å². The summed E-state index contributed by atoms with van der Waals surface area (Å²) < 4.78 is 19.2. The van der Waals surface area contributed by atoms with Gasteiger partial charge in [0.2, 0.25) is 5.79 Å². The topological polar surface area (TPSA) is 30.9 Å². The van der Waals surface area contributed by atoms with Crippen LogP contribution in [0.25, 0.3) is 0 Å². The van der Waals surface area contributed by atoms with E-state index >= 15 is 0 Å². The Labute approximate surface area is 154 Å². The molecule has 2 unspecified atom stereocenters. The van der Waals surface area contributed by atoms with Crippen molar-refractivity contribution >= 4 is 0 Å². The Bertz CT molecular complexity index is 737. The lowest BCUT2D eigenvalue weighted by atomic mass is 9.93. The van der Waals surface area contributed by atoms with Crippen LogP contribution in [-0.2, 0) is 21.9 Å². The largest absolute Gasteiger partial charge is 0.488 e. The predicted molar refractivity (Wildman–Crippen MR) is 99.1 cm³/mol. The lowest BCUT2D eigenvalue weighted by Crippen LogP contribution is -2.38. The summed E-state index contributed by atoms with van der Waals surface area (Å²) in [4.78, 5) is 2.52. The highest BCUT2D eigenvalue weighted by Gasteiger charge is 2.49. The fourth-order valence-electron chi connectivity index (χ4n) is 4.45. The first-order chi connectivity index (χ1) is 12.9. The third-order valence-electron chi connectivity index (χ3n) is 5.71. The minimum Gasteiger partial charge on any atom is -0.488 e. The van der Waals surface area contributed by atoms with E-state index in [0.29, 0.717) is 13.2 Å². The van der Waals surface area contributed by atoms with Crippen molar-refractivity contribution in [3.8, 4) is 5.75 Å². The number of hydrogen-bond acceptors (Lipinski definition) is 4. The molecule has 2 atom stereocenters. The number of benzene rings is 2. The van der Waals surface area contributed by atoms with Gasteiger partial charge in [-0.25, -0.2) is 0 Å². The van der Waals surface area contributed by atoms with E-state index in [1.807, 2.05) is 24.3 Å². The molecule has 2 aromatic carbocycles. The van der Waals surface area contributed by atoms with Gasteiger partial charge in [-0.15, -0.1) is 0 Å². The van der Waals surface area contributed by atoms with Gasteiger partial charge in [-0.05, 0) is 43.6 Å². The van der Waals surface area contributed by atoms with Crippen molar-refractivity contribution in [3.63, 3.8) is 0 Å². The summed E-state index contributed by atoms with van der Waals surface area (Å²) in [6, 6.07) is 16.4. The zero-order chi connectivity index (χ0) is 17.4. The first-order valence-corrected chi connectivity index (χ1v) is 9.70. The van der Waals surface area contributed by atoms with Crippen molar-refractivity contribution in [2.75, 3.05) is 26.2 Å². The van der Waals surface area contributed by atoms with Gasteiger partial charge in [-0.2, -0.15) is 0 Å². The van der Waals surface area contributed by atoms with Crippen molar-refractivity contribution in [3.05, 3.63) is 65.2 Å². The molecule has 0 bridgehead atoms. The Kier molecular flexibility index (Phi) is 4.20. The third-order valence-corrected chi connectivity index (χ3v) is 5.71. The highest BCUT2D eigenvalue weighted by atomic mass is 16.7. The van der Waals surface area contributed by atoms with Crippen molar-refractivity contribution < 1.29 is 14.2 Å². The van der Waals surface area contributed by atoms with Gasteiger partial charge < -0.3 is 19.1 Å².